The van der Waals surface area contributed by atoms with E-state index in [1.165, 1.54) is 21.9 Å². The van der Waals surface area contributed by atoms with E-state index in [9.17, 15) is 0 Å². The Morgan fingerprint density at radius 2 is 1.80 bits per heavy atom. The number of fused-ring (bicyclic) bond motifs is 1. The van der Waals surface area contributed by atoms with E-state index in [-0.39, 0.29) is 5.41 Å². The predicted octanol–water partition coefficient (Wildman–Crippen LogP) is 3.84. The minimum Gasteiger partial charge on any atom is -0.264 e. The van der Waals surface area contributed by atoms with Crippen molar-refractivity contribution in [1.82, 2.24) is 4.98 Å². The molecule has 1 aromatic heterocycles. The lowest BCUT2D eigenvalue weighted by Crippen LogP contribution is -2.12. The highest BCUT2D eigenvalue weighted by Crippen LogP contribution is 2.30. The molecule has 0 amide bonds. The summed E-state index contributed by atoms with van der Waals surface area (Å²) < 4.78 is 0. The number of aryl methyl sites for hydroxylation is 1. The highest BCUT2D eigenvalue weighted by molar-refractivity contribution is 5.88. The maximum absolute atomic E-state index is 4.32. The number of rotatable bonds is 0. The normalized spacial score (nSPS) is 12.0. The standard InChI is InChI=1S/C14H17N/c1-10-6-5-7-11-8-15-9-12(13(10)11)14(2,3)4/h5-9H,1-4H3. The lowest BCUT2D eigenvalue weighted by atomic mass is 9.84. The molecule has 0 aliphatic carbocycles. The average molecular weight is 199 g/mol. The van der Waals surface area contributed by atoms with Crippen LogP contribution in [0.5, 0.6) is 0 Å². The summed E-state index contributed by atoms with van der Waals surface area (Å²) in [4.78, 5) is 4.32. The second-order valence-electron chi connectivity index (χ2n) is 5.11. The molecule has 0 radical (unpaired) electrons. The summed E-state index contributed by atoms with van der Waals surface area (Å²) in [6.07, 6.45) is 3.94. The highest BCUT2D eigenvalue weighted by Gasteiger charge is 2.17. The van der Waals surface area contributed by atoms with Gasteiger partial charge in [-0.1, -0.05) is 39.0 Å². The first-order valence-corrected chi connectivity index (χ1v) is 5.34. The minimum absolute atomic E-state index is 0.151. The van der Waals surface area contributed by atoms with Crippen molar-refractivity contribution in [3.8, 4) is 0 Å². The minimum atomic E-state index is 0.151. The Kier molecular flexibility index (Phi) is 2.26. The molecule has 1 nitrogen and oxygen atoms in total. The molecule has 1 heteroatoms. The van der Waals surface area contributed by atoms with Crippen molar-refractivity contribution >= 4 is 10.8 Å². The topological polar surface area (TPSA) is 12.9 Å². The maximum Gasteiger partial charge on any atom is 0.0346 e. The second kappa shape index (κ2) is 3.34. The largest absolute Gasteiger partial charge is 0.264 e. The van der Waals surface area contributed by atoms with Crippen molar-refractivity contribution in [2.24, 2.45) is 0 Å². The molecule has 0 saturated heterocycles. The summed E-state index contributed by atoms with van der Waals surface area (Å²) in [5.41, 5.74) is 2.82. The third-order valence-electron chi connectivity index (χ3n) is 2.80. The first-order chi connectivity index (χ1) is 7.00. The molecule has 0 saturated carbocycles. The Balaban J connectivity index is 2.86. The lowest BCUT2D eigenvalue weighted by molar-refractivity contribution is 0.593. The van der Waals surface area contributed by atoms with Gasteiger partial charge in [-0.05, 0) is 28.9 Å². The van der Waals surface area contributed by atoms with E-state index in [4.69, 9.17) is 0 Å². The van der Waals surface area contributed by atoms with Crippen LogP contribution in [0.2, 0.25) is 0 Å². The molecule has 0 aliphatic rings. The molecule has 0 bridgehead atoms. The summed E-state index contributed by atoms with van der Waals surface area (Å²) in [6, 6.07) is 6.38. The Hall–Kier alpha value is -1.37. The summed E-state index contributed by atoms with van der Waals surface area (Å²) in [7, 11) is 0. The van der Waals surface area contributed by atoms with Crippen LogP contribution in [0, 0.1) is 6.92 Å². The highest BCUT2D eigenvalue weighted by atomic mass is 14.6. The molecule has 0 atom stereocenters. The van der Waals surface area contributed by atoms with E-state index in [0.29, 0.717) is 0 Å². The van der Waals surface area contributed by atoms with E-state index in [1.54, 1.807) is 0 Å². The van der Waals surface area contributed by atoms with E-state index >= 15 is 0 Å². The maximum atomic E-state index is 4.32. The van der Waals surface area contributed by atoms with Gasteiger partial charge in [-0.15, -0.1) is 0 Å². The Bertz CT molecular complexity index is 487. The van der Waals surface area contributed by atoms with Gasteiger partial charge in [0.2, 0.25) is 0 Å². The number of pyridine rings is 1. The van der Waals surface area contributed by atoms with E-state index < -0.39 is 0 Å². The van der Waals surface area contributed by atoms with Crippen molar-refractivity contribution in [2.45, 2.75) is 33.1 Å². The van der Waals surface area contributed by atoms with Crippen LogP contribution in [0.4, 0.5) is 0 Å². The van der Waals surface area contributed by atoms with Crippen LogP contribution in [-0.4, -0.2) is 4.98 Å². The van der Waals surface area contributed by atoms with Gasteiger partial charge in [-0.3, -0.25) is 4.98 Å². The van der Waals surface area contributed by atoms with Gasteiger partial charge in [-0.25, -0.2) is 0 Å². The summed E-state index contributed by atoms with van der Waals surface area (Å²) in [6.45, 7) is 8.86. The van der Waals surface area contributed by atoms with Crippen LogP contribution in [0.3, 0.4) is 0 Å². The van der Waals surface area contributed by atoms with Crippen molar-refractivity contribution in [2.75, 3.05) is 0 Å². The van der Waals surface area contributed by atoms with E-state index in [2.05, 4.69) is 50.9 Å². The van der Waals surface area contributed by atoms with E-state index in [1.807, 2.05) is 12.4 Å². The van der Waals surface area contributed by atoms with Gasteiger partial charge in [0.05, 0.1) is 0 Å². The fourth-order valence-electron chi connectivity index (χ4n) is 1.99. The smallest absolute Gasteiger partial charge is 0.0346 e. The number of benzene rings is 1. The summed E-state index contributed by atoms with van der Waals surface area (Å²) >= 11 is 0. The molecule has 0 aliphatic heterocycles. The number of hydrogen-bond acceptors (Lipinski definition) is 1. The third kappa shape index (κ3) is 1.74. The fourth-order valence-corrected chi connectivity index (χ4v) is 1.99. The molecule has 2 rings (SSSR count). The fraction of sp³-hybridized carbons (Fsp3) is 0.357. The summed E-state index contributed by atoms with van der Waals surface area (Å²) in [5, 5.41) is 2.60. The molecule has 0 N–H and O–H groups in total. The van der Waals surface area contributed by atoms with Gasteiger partial charge in [0.1, 0.15) is 0 Å². The molecule has 1 aromatic carbocycles. The van der Waals surface area contributed by atoms with Crippen LogP contribution in [0.1, 0.15) is 31.9 Å². The SMILES string of the molecule is Cc1cccc2cncc(C(C)(C)C)c12. The van der Waals surface area contributed by atoms with Crippen LogP contribution in [-0.2, 0) is 5.41 Å². The molecule has 0 spiro atoms. The Morgan fingerprint density at radius 1 is 1.07 bits per heavy atom. The van der Waals surface area contributed by atoms with Crippen molar-refractivity contribution in [3.05, 3.63) is 41.7 Å². The van der Waals surface area contributed by atoms with Crippen LogP contribution < -0.4 is 0 Å². The van der Waals surface area contributed by atoms with Crippen LogP contribution in [0.15, 0.2) is 30.6 Å². The molecule has 0 unspecified atom stereocenters. The first kappa shape index (κ1) is 10.2. The first-order valence-electron chi connectivity index (χ1n) is 5.34. The Labute approximate surface area is 91.2 Å². The van der Waals surface area contributed by atoms with Gasteiger partial charge in [0.15, 0.2) is 0 Å². The lowest BCUT2D eigenvalue weighted by Gasteiger charge is -2.21. The predicted molar refractivity (Wildman–Crippen MR) is 65.2 cm³/mol. The van der Waals surface area contributed by atoms with Gasteiger partial charge in [0.25, 0.3) is 0 Å². The van der Waals surface area contributed by atoms with Gasteiger partial charge < -0.3 is 0 Å². The molecular formula is C14H17N. The quantitative estimate of drug-likeness (QED) is 0.628. The molecule has 15 heavy (non-hydrogen) atoms. The zero-order valence-electron chi connectivity index (χ0n) is 9.83. The molecule has 2 aromatic rings. The zero-order valence-corrected chi connectivity index (χ0v) is 9.83. The van der Waals surface area contributed by atoms with E-state index in [0.717, 1.165) is 0 Å². The average Bonchev–Trinajstić information content (AvgIpc) is 2.16. The van der Waals surface area contributed by atoms with Crippen molar-refractivity contribution < 1.29 is 0 Å². The molecule has 78 valence electrons. The Morgan fingerprint density at radius 3 is 2.47 bits per heavy atom. The third-order valence-corrected chi connectivity index (χ3v) is 2.80. The summed E-state index contributed by atoms with van der Waals surface area (Å²) in [5.74, 6) is 0. The molecule has 1 heterocycles. The second-order valence-corrected chi connectivity index (χ2v) is 5.11. The number of hydrogen-bond donors (Lipinski definition) is 0. The van der Waals surface area contributed by atoms with Crippen LogP contribution in [0.25, 0.3) is 10.8 Å². The van der Waals surface area contributed by atoms with Crippen molar-refractivity contribution in [3.63, 3.8) is 0 Å². The van der Waals surface area contributed by atoms with Gasteiger partial charge in [-0.2, -0.15) is 0 Å². The number of aromatic nitrogens is 1. The van der Waals surface area contributed by atoms with Crippen molar-refractivity contribution in [1.29, 1.82) is 0 Å². The monoisotopic (exact) mass is 199 g/mol. The van der Waals surface area contributed by atoms with Gasteiger partial charge in [0, 0.05) is 17.8 Å². The zero-order chi connectivity index (χ0) is 11.1. The van der Waals surface area contributed by atoms with Crippen LogP contribution >= 0.6 is 0 Å². The number of nitrogens with zero attached hydrogens (tertiary/aromatic N) is 1. The molecule has 0 fully saturated rings. The molecular weight excluding hydrogens is 182 g/mol. The van der Waals surface area contributed by atoms with Gasteiger partial charge >= 0.3 is 0 Å².